The van der Waals surface area contributed by atoms with Crippen LogP contribution in [-0.2, 0) is 4.74 Å². The molecule has 0 aliphatic heterocycles. The normalized spacial score (nSPS) is 11.0. The summed E-state index contributed by atoms with van der Waals surface area (Å²) in [6, 6.07) is 13.5. The minimum Gasteiger partial charge on any atom is -0.493 e. The van der Waals surface area contributed by atoms with Crippen LogP contribution in [0.4, 0.5) is 46.5 Å². The topological polar surface area (TPSA) is 209 Å². The van der Waals surface area contributed by atoms with Crippen molar-refractivity contribution in [1.82, 2.24) is 9.97 Å². The fourth-order valence-electron chi connectivity index (χ4n) is 6.16. The lowest BCUT2D eigenvalue weighted by Crippen LogP contribution is -2.18. The highest BCUT2D eigenvalue weighted by atomic mass is 19.4. The number of ether oxygens (including phenoxy) is 7. The third-order valence-corrected chi connectivity index (χ3v) is 9.38. The van der Waals surface area contributed by atoms with Gasteiger partial charge in [0, 0.05) is 35.9 Å². The zero-order chi connectivity index (χ0) is 52.5. The molecule has 0 saturated carbocycles. The number of esters is 1. The smallest absolute Gasteiger partial charge is 0.493 e. The fraction of sp³-hybridized carbons (Fsp3) is 0.191. The minimum absolute atomic E-state index is 0.0786. The first-order valence-electron chi connectivity index (χ1n) is 20.1. The Bertz CT molecular complexity index is 3000. The molecule has 2 aromatic heterocycles. The number of nitrogens with zero attached hydrogens (tertiary/aromatic N) is 2. The molecule has 4 N–H and O–H groups in total. The molecule has 0 atom stereocenters. The van der Waals surface area contributed by atoms with Crippen LogP contribution in [0, 0.1) is 39.3 Å². The Morgan fingerprint density at radius 1 is 0.535 bits per heavy atom. The van der Waals surface area contributed by atoms with Crippen molar-refractivity contribution in [2.75, 3.05) is 32.0 Å². The number of methoxy groups -OCH3 is 3. The maximum atomic E-state index is 15.0. The number of anilines is 2. The molecular weight excluding hydrogens is 963 g/mol. The monoisotopic (exact) mass is 1000 g/mol. The van der Waals surface area contributed by atoms with E-state index in [1.807, 2.05) is 0 Å². The number of aryl methyl sites for hydroxylation is 4. The highest BCUT2D eigenvalue weighted by Crippen LogP contribution is 2.40. The van der Waals surface area contributed by atoms with Gasteiger partial charge >= 0.3 is 18.7 Å². The summed E-state index contributed by atoms with van der Waals surface area (Å²) >= 11 is 0. The van der Waals surface area contributed by atoms with E-state index in [9.17, 15) is 54.3 Å². The van der Waals surface area contributed by atoms with Crippen LogP contribution in [0.5, 0.6) is 46.0 Å². The summed E-state index contributed by atoms with van der Waals surface area (Å²) in [5.74, 6) is -7.32. The van der Waals surface area contributed by atoms with Crippen LogP contribution in [0.1, 0.15) is 63.9 Å². The number of hydrogen-bond acceptors (Lipinski definition) is 13. The lowest BCUT2D eigenvalue weighted by molar-refractivity contribution is -0.275. The number of aromatic nitrogens is 2. The summed E-state index contributed by atoms with van der Waals surface area (Å²) in [6.45, 7) is 6.33. The first kappa shape index (κ1) is 53.3. The molecule has 0 radical (unpaired) electrons. The van der Waals surface area contributed by atoms with Crippen molar-refractivity contribution in [2.45, 2.75) is 40.4 Å². The van der Waals surface area contributed by atoms with Crippen LogP contribution in [0.2, 0.25) is 0 Å². The Hall–Kier alpha value is -8.70. The van der Waals surface area contributed by atoms with Gasteiger partial charge in [0.25, 0.3) is 17.7 Å². The molecule has 0 aliphatic rings. The number of carbonyl (C=O) groups is 4. The summed E-state index contributed by atoms with van der Waals surface area (Å²) in [5, 5.41) is 5.00. The number of nitrogens with two attached hydrogens (primary N) is 1. The number of primary amides is 1. The lowest BCUT2D eigenvalue weighted by atomic mass is 10.1. The van der Waals surface area contributed by atoms with E-state index in [0.717, 1.165) is 48.5 Å². The molecule has 0 aliphatic carbocycles. The second kappa shape index (κ2) is 22.2. The average Bonchev–Trinajstić information content (AvgIpc) is 3.27. The van der Waals surface area contributed by atoms with E-state index in [1.165, 1.54) is 58.0 Å². The zero-order valence-corrected chi connectivity index (χ0v) is 38.1. The molecule has 16 nitrogen and oxygen atoms in total. The number of hydrogen-bond donors (Lipinski definition) is 3. The van der Waals surface area contributed by atoms with Crippen molar-refractivity contribution in [3.05, 3.63) is 142 Å². The number of rotatable bonds is 14. The molecule has 2 heterocycles. The van der Waals surface area contributed by atoms with Crippen LogP contribution in [-0.4, -0.2) is 67.7 Å². The number of halogens is 8. The SMILES string of the molecule is COC(=O)c1cc(NC(=O)c2c(F)cc(C)cc2Oc2ccc(OC(F)(F)F)cc2OC)c(C)cn1.COc1cc(OC(F)(F)F)ccc1Oc1cc(C)cc(F)c1C(=O)Nc1cc(C(N)=O)ncc1C. The van der Waals surface area contributed by atoms with E-state index < -0.39 is 70.7 Å². The van der Waals surface area contributed by atoms with Gasteiger partial charge in [0.05, 0.1) is 21.3 Å². The molecule has 71 heavy (non-hydrogen) atoms. The Morgan fingerprint density at radius 2 is 0.930 bits per heavy atom. The van der Waals surface area contributed by atoms with Crippen LogP contribution in [0.15, 0.2) is 85.2 Å². The summed E-state index contributed by atoms with van der Waals surface area (Å²) in [4.78, 5) is 57.1. The zero-order valence-electron chi connectivity index (χ0n) is 38.1. The van der Waals surface area contributed by atoms with Gasteiger partial charge in [-0.05, 0) is 111 Å². The molecule has 0 fully saturated rings. The van der Waals surface area contributed by atoms with Gasteiger partial charge < -0.3 is 49.5 Å². The van der Waals surface area contributed by atoms with E-state index in [4.69, 9.17) is 24.7 Å². The number of alkyl halides is 6. The van der Waals surface area contributed by atoms with Crippen molar-refractivity contribution in [3.8, 4) is 46.0 Å². The summed E-state index contributed by atoms with van der Waals surface area (Å²) in [7, 11) is 3.55. The van der Waals surface area contributed by atoms with Gasteiger partial charge in [-0.25, -0.2) is 18.6 Å². The van der Waals surface area contributed by atoms with Crippen molar-refractivity contribution in [3.63, 3.8) is 0 Å². The van der Waals surface area contributed by atoms with Gasteiger partial charge in [-0.2, -0.15) is 0 Å². The maximum Gasteiger partial charge on any atom is 0.573 e. The third kappa shape index (κ3) is 14.2. The Kier molecular flexibility index (Phi) is 16.6. The van der Waals surface area contributed by atoms with Crippen molar-refractivity contribution >= 4 is 35.1 Å². The highest BCUT2D eigenvalue weighted by Gasteiger charge is 2.33. The summed E-state index contributed by atoms with van der Waals surface area (Å²) in [5.41, 5.74) is 6.14. The highest BCUT2D eigenvalue weighted by molar-refractivity contribution is 6.08. The van der Waals surface area contributed by atoms with Crippen LogP contribution in [0.25, 0.3) is 0 Å². The first-order valence-corrected chi connectivity index (χ1v) is 20.1. The largest absolute Gasteiger partial charge is 0.573 e. The maximum absolute atomic E-state index is 15.0. The lowest BCUT2D eigenvalue weighted by Gasteiger charge is -2.17. The van der Waals surface area contributed by atoms with Crippen molar-refractivity contribution < 1.29 is 87.5 Å². The molecule has 4 aromatic carbocycles. The number of amides is 3. The molecule has 0 bridgehead atoms. The third-order valence-electron chi connectivity index (χ3n) is 9.38. The minimum atomic E-state index is -4.92. The molecule has 6 rings (SSSR count). The van der Waals surface area contributed by atoms with Gasteiger partial charge in [-0.1, -0.05) is 0 Å². The van der Waals surface area contributed by atoms with E-state index in [2.05, 4.69) is 34.8 Å². The molecule has 6 aromatic rings. The second-order valence-electron chi connectivity index (χ2n) is 14.7. The van der Waals surface area contributed by atoms with Crippen LogP contribution >= 0.6 is 0 Å². The fourth-order valence-corrected chi connectivity index (χ4v) is 6.16. The number of nitrogens with one attached hydrogen (secondary N) is 2. The molecule has 374 valence electrons. The van der Waals surface area contributed by atoms with Gasteiger partial charge in [0.2, 0.25) is 0 Å². The predicted molar refractivity (Wildman–Crippen MR) is 235 cm³/mol. The van der Waals surface area contributed by atoms with E-state index in [1.54, 1.807) is 27.7 Å². The Balaban J connectivity index is 0.000000264. The number of pyridine rings is 2. The number of carbonyl (C=O) groups excluding carboxylic acids is 4. The van der Waals surface area contributed by atoms with Gasteiger partial charge in [0.1, 0.15) is 57.1 Å². The molecular formula is C47H39F8N5O11. The molecule has 0 saturated heterocycles. The van der Waals surface area contributed by atoms with Crippen molar-refractivity contribution in [1.29, 1.82) is 0 Å². The average molecular weight is 1000 g/mol. The van der Waals surface area contributed by atoms with Crippen LogP contribution < -0.4 is 44.8 Å². The van der Waals surface area contributed by atoms with Gasteiger partial charge in [-0.15, -0.1) is 26.3 Å². The van der Waals surface area contributed by atoms with E-state index in [-0.39, 0.29) is 57.3 Å². The Labute approximate surface area is 397 Å². The summed E-state index contributed by atoms with van der Waals surface area (Å²) in [6.07, 6.45) is -7.19. The van der Waals surface area contributed by atoms with E-state index >= 15 is 0 Å². The molecule has 0 spiro atoms. The van der Waals surface area contributed by atoms with Crippen LogP contribution in [0.3, 0.4) is 0 Å². The first-order chi connectivity index (χ1) is 33.3. The molecule has 0 unspecified atom stereocenters. The molecule has 24 heteroatoms. The van der Waals surface area contributed by atoms with Crippen molar-refractivity contribution in [2.24, 2.45) is 5.73 Å². The molecule has 3 amide bonds. The Morgan fingerprint density at radius 3 is 1.30 bits per heavy atom. The van der Waals surface area contributed by atoms with E-state index in [0.29, 0.717) is 22.3 Å². The number of benzene rings is 4. The predicted octanol–water partition coefficient (Wildman–Crippen LogP) is 10.5. The quantitative estimate of drug-likeness (QED) is 0.0686. The standard InChI is InChI=1S/C24H20F4N2O6.C23H19F4N3O5/c1-12-7-15(25)21(22(31)30-16-10-17(23(32)34-4)29-11-13(16)2)20(8-12)35-18-6-5-14(9-19(18)33-3)36-24(26,27)28;1-11-6-14(24)20(22(32)30-15-9-16(21(28)31)29-10-12(15)2)19(7-11)34-17-5-4-13(8-18(17)33-3)35-23(25,26)27/h5-11H,1-4H3,(H,29,30,31);4-10H,1-3H3,(H2,28,31)(H,29,30,32). The second-order valence-corrected chi connectivity index (χ2v) is 14.7. The van der Waals surface area contributed by atoms with Gasteiger partial charge in [0.15, 0.2) is 23.0 Å². The summed E-state index contributed by atoms with van der Waals surface area (Å²) < 4.78 is 139. The van der Waals surface area contributed by atoms with Gasteiger partial charge in [-0.3, -0.25) is 19.4 Å².